The van der Waals surface area contributed by atoms with Crippen LogP contribution < -0.4 is 0 Å². The second-order valence-electron chi connectivity index (χ2n) is 3.06. The molecule has 0 saturated heterocycles. The van der Waals surface area contributed by atoms with Crippen molar-refractivity contribution in [2.75, 3.05) is 0 Å². The molecule has 1 unspecified atom stereocenters. The first kappa shape index (κ1) is 12.5. The van der Waals surface area contributed by atoms with Crippen molar-refractivity contribution in [1.82, 2.24) is 0 Å². The summed E-state index contributed by atoms with van der Waals surface area (Å²) in [6.07, 6.45) is 6.11. The molecule has 13 heavy (non-hydrogen) atoms. The highest BCUT2D eigenvalue weighted by atomic mass is 35.5. The molecule has 0 aliphatic rings. The third-order valence-corrected chi connectivity index (χ3v) is 2.51. The quantitative estimate of drug-likeness (QED) is 0.495. The van der Waals surface area contributed by atoms with Gasteiger partial charge in [0.1, 0.15) is 0 Å². The second-order valence-corrected chi connectivity index (χ2v) is 3.81. The molecule has 0 aromatic rings. The van der Waals surface area contributed by atoms with Crippen LogP contribution in [-0.2, 0) is 0 Å². The van der Waals surface area contributed by atoms with E-state index in [-0.39, 0.29) is 0 Å². The molecule has 1 atom stereocenters. The lowest BCUT2D eigenvalue weighted by Gasteiger charge is -2.29. The van der Waals surface area contributed by atoms with Crippen molar-refractivity contribution in [2.24, 2.45) is 0 Å². The average Bonchev–Trinajstić information content (AvgIpc) is 2.05. The lowest BCUT2D eigenvalue weighted by atomic mass is 9.92. The first-order valence-electron chi connectivity index (χ1n) is 4.30. The van der Waals surface area contributed by atoms with Gasteiger partial charge < -0.3 is 5.11 Å². The van der Waals surface area contributed by atoms with Crippen molar-refractivity contribution in [3.8, 4) is 0 Å². The molecule has 0 spiro atoms. The van der Waals surface area contributed by atoms with Crippen molar-refractivity contribution < 1.29 is 5.11 Å². The van der Waals surface area contributed by atoms with Crippen molar-refractivity contribution in [1.29, 1.82) is 0 Å². The van der Waals surface area contributed by atoms with Crippen molar-refractivity contribution in [2.45, 2.75) is 30.2 Å². The molecule has 0 saturated carbocycles. The molecule has 0 aromatic heterocycles. The molecular weight excluding hydrogens is 184 g/mol. The van der Waals surface area contributed by atoms with Crippen molar-refractivity contribution >= 4 is 11.6 Å². The van der Waals surface area contributed by atoms with E-state index in [1.54, 1.807) is 18.2 Å². The highest BCUT2D eigenvalue weighted by Crippen LogP contribution is 2.31. The van der Waals surface area contributed by atoms with Gasteiger partial charge in [0.2, 0.25) is 0 Å². The summed E-state index contributed by atoms with van der Waals surface area (Å²) >= 11 is 6.23. The summed E-state index contributed by atoms with van der Waals surface area (Å²) in [7, 11) is 0. The van der Waals surface area contributed by atoms with E-state index < -0.39 is 11.0 Å². The molecule has 0 aliphatic carbocycles. The summed E-state index contributed by atoms with van der Waals surface area (Å²) in [6, 6.07) is 0. The molecule has 0 amide bonds. The predicted octanol–water partition coefficient (Wildman–Crippen LogP) is 3.05. The molecule has 74 valence electrons. The Hall–Kier alpha value is -0.530. The lowest BCUT2D eigenvalue weighted by Crippen LogP contribution is -2.35. The first-order chi connectivity index (χ1) is 6.10. The lowest BCUT2D eigenvalue weighted by molar-refractivity contribution is 0.128. The Morgan fingerprint density at radius 2 is 1.62 bits per heavy atom. The summed E-state index contributed by atoms with van der Waals surface area (Å²) in [4.78, 5) is -0.669. The molecule has 0 radical (unpaired) electrons. The van der Waals surface area contributed by atoms with Crippen LogP contribution in [-0.4, -0.2) is 16.1 Å². The Kier molecular flexibility index (Phi) is 5.76. The van der Waals surface area contributed by atoms with Gasteiger partial charge in [-0.05, 0) is 19.3 Å². The third kappa shape index (κ3) is 3.79. The monoisotopic (exact) mass is 200 g/mol. The highest BCUT2D eigenvalue weighted by Gasteiger charge is 2.32. The SMILES string of the molecule is C=CCC(O)C(Cl)(CC=C)CC=C. The van der Waals surface area contributed by atoms with Crippen LogP contribution >= 0.6 is 11.6 Å². The number of aliphatic hydroxyl groups excluding tert-OH is 1. The van der Waals surface area contributed by atoms with Crippen LogP contribution in [0.1, 0.15) is 19.3 Å². The molecule has 0 rings (SSSR count). The Bertz CT molecular complexity index is 177. The Labute approximate surface area is 85.4 Å². The van der Waals surface area contributed by atoms with E-state index in [0.717, 1.165) is 0 Å². The molecule has 0 heterocycles. The van der Waals surface area contributed by atoms with Gasteiger partial charge >= 0.3 is 0 Å². The molecule has 0 bridgehead atoms. The topological polar surface area (TPSA) is 20.2 Å². The van der Waals surface area contributed by atoms with Crippen LogP contribution in [0.25, 0.3) is 0 Å². The van der Waals surface area contributed by atoms with E-state index in [4.69, 9.17) is 11.6 Å². The number of alkyl halides is 1. The fraction of sp³-hybridized carbons (Fsp3) is 0.455. The summed E-state index contributed by atoms with van der Waals surface area (Å²) in [5, 5.41) is 9.73. The van der Waals surface area contributed by atoms with Gasteiger partial charge in [0.25, 0.3) is 0 Å². The molecular formula is C11H17ClO. The van der Waals surface area contributed by atoms with E-state index in [9.17, 15) is 5.11 Å². The van der Waals surface area contributed by atoms with E-state index in [1.807, 2.05) is 0 Å². The molecule has 0 fully saturated rings. The second kappa shape index (κ2) is 6.01. The van der Waals surface area contributed by atoms with Crippen LogP contribution in [0, 0.1) is 0 Å². The molecule has 1 N–H and O–H groups in total. The van der Waals surface area contributed by atoms with E-state index in [2.05, 4.69) is 19.7 Å². The van der Waals surface area contributed by atoms with Gasteiger partial charge in [0.05, 0.1) is 11.0 Å². The number of rotatable bonds is 7. The predicted molar refractivity (Wildman–Crippen MR) is 59.0 cm³/mol. The van der Waals surface area contributed by atoms with Gasteiger partial charge in [-0.3, -0.25) is 0 Å². The smallest absolute Gasteiger partial charge is 0.0776 e. The third-order valence-electron chi connectivity index (χ3n) is 1.95. The zero-order valence-electron chi connectivity index (χ0n) is 7.88. The van der Waals surface area contributed by atoms with Gasteiger partial charge in [-0.15, -0.1) is 31.3 Å². The summed E-state index contributed by atoms with van der Waals surface area (Å²) in [5.74, 6) is 0. The minimum absolute atomic E-state index is 0.491. The summed E-state index contributed by atoms with van der Waals surface area (Å²) < 4.78 is 0. The van der Waals surface area contributed by atoms with E-state index in [1.165, 1.54) is 0 Å². The van der Waals surface area contributed by atoms with Crippen molar-refractivity contribution in [3.63, 3.8) is 0 Å². The molecule has 0 aliphatic heterocycles. The summed E-state index contributed by atoms with van der Waals surface area (Å²) in [6.45, 7) is 10.8. The molecule has 1 nitrogen and oxygen atoms in total. The maximum Gasteiger partial charge on any atom is 0.0776 e. The number of halogens is 1. The fourth-order valence-electron chi connectivity index (χ4n) is 1.20. The minimum atomic E-state index is -0.669. The molecule has 2 heteroatoms. The molecule has 0 aromatic carbocycles. The van der Waals surface area contributed by atoms with Gasteiger partial charge in [-0.25, -0.2) is 0 Å². The summed E-state index contributed by atoms with van der Waals surface area (Å²) in [5.41, 5.74) is 0. The fourth-order valence-corrected chi connectivity index (χ4v) is 1.51. The Morgan fingerprint density at radius 3 is 1.92 bits per heavy atom. The zero-order chi connectivity index (χ0) is 10.3. The number of hydrogen-bond donors (Lipinski definition) is 1. The van der Waals surface area contributed by atoms with Crippen LogP contribution in [0.4, 0.5) is 0 Å². The van der Waals surface area contributed by atoms with Crippen molar-refractivity contribution in [3.05, 3.63) is 38.0 Å². The van der Waals surface area contributed by atoms with E-state index in [0.29, 0.717) is 19.3 Å². The van der Waals surface area contributed by atoms with Gasteiger partial charge in [0.15, 0.2) is 0 Å². The van der Waals surface area contributed by atoms with Crippen LogP contribution in [0.5, 0.6) is 0 Å². The highest BCUT2D eigenvalue weighted by molar-refractivity contribution is 6.24. The van der Waals surface area contributed by atoms with Crippen LogP contribution in [0.15, 0.2) is 38.0 Å². The van der Waals surface area contributed by atoms with Crippen LogP contribution in [0.2, 0.25) is 0 Å². The Morgan fingerprint density at radius 1 is 1.15 bits per heavy atom. The largest absolute Gasteiger partial charge is 0.391 e. The van der Waals surface area contributed by atoms with Gasteiger partial charge in [-0.2, -0.15) is 0 Å². The zero-order valence-corrected chi connectivity index (χ0v) is 8.63. The van der Waals surface area contributed by atoms with E-state index >= 15 is 0 Å². The standard InChI is InChI=1S/C11H17ClO/c1-4-7-10(13)11(12,8-5-2)9-6-3/h4-6,10,13H,1-3,7-9H2. The first-order valence-corrected chi connectivity index (χ1v) is 4.68. The Balaban J connectivity index is 4.43. The normalized spacial score (nSPS) is 13.4. The average molecular weight is 201 g/mol. The van der Waals surface area contributed by atoms with Crippen LogP contribution in [0.3, 0.4) is 0 Å². The maximum atomic E-state index is 9.73. The van der Waals surface area contributed by atoms with Gasteiger partial charge in [-0.1, -0.05) is 18.2 Å². The number of aliphatic hydroxyl groups is 1. The maximum absolute atomic E-state index is 9.73. The number of hydrogen-bond acceptors (Lipinski definition) is 1. The number of allylic oxidation sites excluding steroid dienone is 2. The minimum Gasteiger partial charge on any atom is -0.391 e. The van der Waals surface area contributed by atoms with Gasteiger partial charge in [0, 0.05) is 0 Å².